The third kappa shape index (κ3) is 4.39. The van der Waals surface area contributed by atoms with E-state index in [4.69, 9.17) is 5.11 Å². The number of hydrogen-bond donors (Lipinski definition) is 1. The number of carboxylic acid groups (broad SMARTS) is 1. The topological polar surface area (TPSA) is 65.8 Å². The normalized spacial score (nSPS) is 11.1. The Morgan fingerprint density at radius 2 is 2.13 bits per heavy atom. The first-order chi connectivity index (χ1) is 10.9. The minimum atomic E-state index is -0.981. The van der Waals surface area contributed by atoms with E-state index in [1.807, 2.05) is 32.1 Å². The summed E-state index contributed by atoms with van der Waals surface area (Å²) in [6, 6.07) is 4.17. The van der Waals surface area contributed by atoms with Crippen LogP contribution in [0, 0.1) is 13.8 Å². The smallest absolute Gasteiger partial charge is 0.355 e. The lowest BCUT2D eigenvalue weighted by molar-refractivity contribution is 0.0691. The predicted molar refractivity (Wildman–Crippen MR) is 94.3 cm³/mol. The van der Waals surface area contributed by atoms with E-state index in [0.29, 0.717) is 6.42 Å². The summed E-state index contributed by atoms with van der Waals surface area (Å²) in [6.45, 7) is 7.07. The van der Waals surface area contributed by atoms with Crippen molar-refractivity contribution in [1.82, 2.24) is 9.88 Å². The summed E-state index contributed by atoms with van der Waals surface area (Å²) in [7, 11) is 1.99. The minimum absolute atomic E-state index is 0.114. The van der Waals surface area contributed by atoms with Gasteiger partial charge in [-0.1, -0.05) is 6.07 Å². The molecular formula is C17H21N3O2S. The lowest BCUT2D eigenvalue weighted by atomic mass is 10.0. The van der Waals surface area contributed by atoms with E-state index in [-0.39, 0.29) is 5.69 Å². The summed E-state index contributed by atoms with van der Waals surface area (Å²) >= 11 is 1.38. The van der Waals surface area contributed by atoms with Crippen molar-refractivity contribution in [2.75, 3.05) is 13.6 Å². The third-order valence-corrected chi connectivity index (χ3v) is 4.51. The summed E-state index contributed by atoms with van der Waals surface area (Å²) in [5.41, 5.74) is 4.45. The Labute approximate surface area is 140 Å². The second-order valence-corrected chi connectivity index (χ2v) is 6.43. The highest BCUT2D eigenvalue weighted by atomic mass is 32.1. The first kappa shape index (κ1) is 17.1. The van der Waals surface area contributed by atoms with Crippen molar-refractivity contribution in [2.24, 2.45) is 4.99 Å². The summed E-state index contributed by atoms with van der Waals surface area (Å²) in [5, 5.41) is 11.3. The van der Waals surface area contributed by atoms with E-state index in [0.717, 1.165) is 33.9 Å². The fraction of sp³-hybridized carbons (Fsp3) is 0.353. The number of rotatable bonds is 6. The van der Waals surface area contributed by atoms with Crippen LogP contribution in [0.25, 0.3) is 0 Å². The van der Waals surface area contributed by atoms with Crippen LogP contribution >= 0.6 is 11.3 Å². The third-order valence-electron chi connectivity index (χ3n) is 3.66. The van der Waals surface area contributed by atoms with Crippen LogP contribution < -0.4 is 0 Å². The quantitative estimate of drug-likeness (QED) is 0.648. The van der Waals surface area contributed by atoms with Gasteiger partial charge in [-0.05, 0) is 43.5 Å². The molecule has 2 aromatic rings. The van der Waals surface area contributed by atoms with Gasteiger partial charge < -0.3 is 10.0 Å². The molecule has 1 N–H and O–H groups in total. The number of nitrogens with zero attached hydrogens (tertiary/aromatic N) is 3. The molecule has 23 heavy (non-hydrogen) atoms. The molecule has 5 nitrogen and oxygen atoms in total. The molecule has 1 aromatic heterocycles. The van der Waals surface area contributed by atoms with Crippen molar-refractivity contribution >= 4 is 29.3 Å². The molecule has 0 saturated carbocycles. The zero-order valence-corrected chi connectivity index (χ0v) is 14.6. The van der Waals surface area contributed by atoms with Gasteiger partial charge in [0.1, 0.15) is 0 Å². The van der Waals surface area contributed by atoms with Gasteiger partial charge in [0.05, 0.1) is 17.0 Å². The van der Waals surface area contributed by atoms with Gasteiger partial charge in [-0.15, -0.1) is 11.3 Å². The summed E-state index contributed by atoms with van der Waals surface area (Å²) in [6.07, 6.45) is 2.48. The Morgan fingerprint density at radius 1 is 1.39 bits per heavy atom. The molecular weight excluding hydrogens is 310 g/mol. The van der Waals surface area contributed by atoms with Gasteiger partial charge in [-0.25, -0.2) is 14.8 Å². The fourth-order valence-electron chi connectivity index (χ4n) is 2.09. The molecule has 0 unspecified atom stereocenters. The van der Waals surface area contributed by atoms with Crippen LogP contribution in [0.15, 0.2) is 22.5 Å². The molecule has 0 spiro atoms. The molecule has 6 heteroatoms. The Balaban J connectivity index is 2.22. The van der Waals surface area contributed by atoms with Crippen molar-refractivity contribution in [2.45, 2.75) is 27.2 Å². The number of aromatic carboxylic acids is 1. The summed E-state index contributed by atoms with van der Waals surface area (Å²) in [5.74, 6) is -0.981. The SMILES string of the molecule is CCN(C)/C=N/c1cc(C)c(Cc2nc(C(=O)O)cs2)cc1C. The van der Waals surface area contributed by atoms with Crippen LogP contribution in [-0.4, -0.2) is 40.9 Å². The maximum atomic E-state index is 10.9. The molecule has 2 rings (SSSR count). The molecule has 0 amide bonds. The van der Waals surface area contributed by atoms with Gasteiger partial charge in [-0.2, -0.15) is 0 Å². The number of thiazole rings is 1. The maximum Gasteiger partial charge on any atom is 0.355 e. The zero-order chi connectivity index (χ0) is 17.0. The van der Waals surface area contributed by atoms with Crippen molar-refractivity contribution in [3.05, 3.63) is 44.9 Å². The molecule has 0 saturated heterocycles. The number of benzene rings is 1. The van der Waals surface area contributed by atoms with Crippen molar-refractivity contribution in [3.63, 3.8) is 0 Å². The van der Waals surface area contributed by atoms with E-state index in [2.05, 4.69) is 29.0 Å². The van der Waals surface area contributed by atoms with Crippen LogP contribution in [0.5, 0.6) is 0 Å². The molecule has 0 fully saturated rings. The molecule has 1 heterocycles. The molecule has 0 aliphatic heterocycles. The lowest BCUT2D eigenvalue weighted by Crippen LogP contribution is -2.14. The number of hydrogen-bond acceptors (Lipinski definition) is 4. The number of aryl methyl sites for hydroxylation is 2. The average molecular weight is 331 g/mol. The van der Waals surface area contributed by atoms with Crippen LogP contribution in [0.3, 0.4) is 0 Å². The predicted octanol–water partition coefficient (Wildman–Crippen LogP) is 3.66. The molecule has 0 aliphatic carbocycles. The Morgan fingerprint density at radius 3 is 2.74 bits per heavy atom. The lowest BCUT2D eigenvalue weighted by Gasteiger charge is -2.11. The van der Waals surface area contributed by atoms with E-state index in [9.17, 15) is 4.79 Å². The number of aliphatic imine (C=N–C) groups is 1. The van der Waals surface area contributed by atoms with Gasteiger partial charge in [0, 0.05) is 25.4 Å². The number of aromatic nitrogens is 1. The Hall–Kier alpha value is -2.21. The second kappa shape index (κ2) is 7.37. The van der Waals surface area contributed by atoms with Gasteiger partial charge >= 0.3 is 5.97 Å². The van der Waals surface area contributed by atoms with E-state index in [1.165, 1.54) is 11.3 Å². The first-order valence-electron chi connectivity index (χ1n) is 7.43. The van der Waals surface area contributed by atoms with Crippen LogP contribution in [0.4, 0.5) is 5.69 Å². The Kier molecular flexibility index (Phi) is 5.50. The highest BCUT2D eigenvalue weighted by molar-refractivity contribution is 7.09. The molecule has 0 bridgehead atoms. The largest absolute Gasteiger partial charge is 0.476 e. The summed E-state index contributed by atoms with van der Waals surface area (Å²) in [4.78, 5) is 21.6. The highest BCUT2D eigenvalue weighted by Gasteiger charge is 2.11. The van der Waals surface area contributed by atoms with Gasteiger partial charge in [0.25, 0.3) is 0 Å². The molecule has 0 atom stereocenters. The van der Waals surface area contributed by atoms with Crippen LogP contribution in [-0.2, 0) is 6.42 Å². The monoisotopic (exact) mass is 331 g/mol. The molecule has 0 aliphatic rings. The van der Waals surface area contributed by atoms with Gasteiger partial charge in [-0.3, -0.25) is 0 Å². The van der Waals surface area contributed by atoms with Crippen LogP contribution in [0.2, 0.25) is 0 Å². The molecule has 1 aromatic carbocycles. The van der Waals surface area contributed by atoms with E-state index in [1.54, 1.807) is 5.38 Å². The standard InChI is InChI=1S/C17H21N3O2S/c1-5-20(4)10-18-14-7-11(2)13(6-12(14)3)8-16-19-15(9-23-16)17(21)22/h6-7,9-10H,5,8H2,1-4H3,(H,21,22)/b18-10+. The number of carboxylic acids is 1. The van der Waals surface area contributed by atoms with Gasteiger partial charge in [0.15, 0.2) is 5.69 Å². The molecule has 122 valence electrons. The van der Waals surface area contributed by atoms with Crippen molar-refractivity contribution in [3.8, 4) is 0 Å². The summed E-state index contributed by atoms with van der Waals surface area (Å²) < 4.78 is 0. The maximum absolute atomic E-state index is 10.9. The molecule has 0 radical (unpaired) electrons. The fourth-order valence-corrected chi connectivity index (χ4v) is 2.88. The van der Waals surface area contributed by atoms with E-state index >= 15 is 0 Å². The highest BCUT2D eigenvalue weighted by Crippen LogP contribution is 2.25. The number of carbonyl (C=O) groups is 1. The van der Waals surface area contributed by atoms with E-state index < -0.39 is 5.97 Å². The van der Waals surface area contributed by atoms with Gasteiger partial charge in [0.2, 0.25) is 0 Å². The zero-order valence-electron chi connectivity index (χ0n) is 13.8. The van der Waals surface area contributed by atoms with Crippen LogP contribution in [0.1, 0.15) is 39.1 Å². The minimum Gasteiger partial charge on any atom is -0.476 e. The first-order valence-corrected chi connectivity index (χ1v) is 8.31. The average Bonchev–Trinajstić information content (AvgIpc) is 2.97. The van der Waals surface area contributed by atoms with Crippen molar-refractivity contribution < 1.29 is 9.90 Å². The van der Waals surface area contributed by atoms with Crippen molar-refractivity contribution in [1.29, 1.82) is 0 Å². The Bertz CT molecular complexity index is 737. The second-order valence-electron chi connectivity index (χ2n) is 5.49.